The normalized spacial score (nSPS) is 11.7. The first kappa shape index (κ1) is 12.7. The molecule has 13 heavy (non-hydrogen) atoms. The first-order valence-corrected chi connectivity index (χ1v) is 5.23. The van der Waals surface area contributed by atoms with Crippen LogP contribution in [0.2, 0.25) is 0 Å². The third-order valence-electron chi connectivity index (χ3n) is 1.68. The van der Waals surface area contributed by atoms with Crippen molar-refractivity contribution in [3.63, 3.8) is 0 Å². The van der Waals surface area contributed by atoms with Gasteiger partial charge in [-0.3, -0.25) is 0 Å². The molecular formula is C11H22O2. The van der Waals surface area contributed by atoms with E-state index in [0.717, 1.165) is 32.5 Å². The molecule has 0 radical (unpaired) electrons. The maximum Gasteiger partial charge on any atom is 0.157 e. The van der Waals surface area contributed by atoms with Crippen LogP contribution in [0.4, 0.5) is 0 Å². The number of hydrogen-bond acceptors (Lipinski definition) is 2. The summed E-state index contributed by atoms with van der Waals surface area (Å²) in [5.74, 6) is 0. The second-order valence-corrected chi connectivity index (χ2v) is 2.80. The van der Waals surface area contributed by atoms with Crippen LogP contribution in [0, 0.1) is 0 Å². The van der Waals surface area contributed by atoms with Crippen LogP contribution < -0.4 is 0 Å². The Bertz CT molecular complexity index is 115. The van der Waals surface area contributed by atoms with Gasteiger partial charge in [0.2, 0.25) is 0 Å². The number of rotatable bonds is 8. The summed E-state index contributed by atoms with van der Waals surface area (Å²) in [6.07, 6.45) is 7.45. The Morgan fingerprint density at radius 3 is 2.08 bits per heavy atom. The van der Waals surface area contributed by atoms with E-state index in [4.69, 9.17) is 9.47 Å². The summed E-state index contributed by atoms with van der Waals surface area (Å²) < 4.78 is 10.8. The fourth-order valence-corrected chi connectivity index (χ4v) is 1.10. The van der Waals surface area contributed by atoms with Crippen LogP contribution >= 0.6 is 0 Å². The molecule has 0 rings (SSSR count). The average Bonchev–Trinajstić information content (AvgIpc) is 2.13. The lowest BCUT2D eigenvalue weighted by atomic mass is 10.2. The summed E-state index contributed by atoms with van der Waals surface area (Å²) in [6.45, 7) is 7.57. The summed E-state index contributed by atoms with van der Waals surface area (Å²) in [5.41, 5.74) is 0. The third-order valence-corrected chi connectivity index (χ3v) is 1.68. The molecule has 0 aromatic carbocycles. The van der Waals surface area contributed by atoms with Crippen molar-refractivity contribution in [1.82, 2.24) is 0 Å². The molecule has 0 fully saturated rings. The fourth-order valence-electron chi connectivity index (χ4n) is 1.10. The van der Waals surface area contributed by atoms with E-state index in [9.17, 15) is 0 Å². The van der Waals surface area contributed by atoms with E-state index >= 15 is 0 Å². The summed E-state index contributed by atoms with van der Waals surface area (Å²) in [7, 11) is 0. The summed E-state index contributed by atoms with van der Waals surface area (Å²) in [5, 5.41) is 0. The zero-order valence-corrected chi connectivity index (χ0v) is 9.08. The van der Waals surface area contributed by atoms with Gasteiger partial charge in [-0.15, -0.1) is 0 Å². The third kappa shape index (κ3) is 8.00. The van der Waals surface area contributed by atoms with Crippen molar-refractivity contribution in [2.24, 2.45) is 0 Å². The first-order valence-electron chi connectivity index (χ1n) is 5.23. The number of ether oxygens (including phenoxy) is 2. The highest BCUT2D eigenvalue weighted by molar-refractivity contribution is 4.80. The molecular weight excluding hydrogens is 164 g/mol. The molecule has 0 bridgehead atoms. The lowest BCUT2D eigenvalue weighted by Gasteiger charge is -2.15. The van der Waals surface area contributed by atoms with Crippen LogP contribution in [0.3, 0.4) is 0 Å². The second-order valence-electron chi connectivity index (χ2n) is 2.80. The molecule has 0 aromatic heterocycles. The molecule has 2 nitrogen and oxygen atoms in total. The molecule has 0 aliphatic rings. The molecule has 0 saturated carbocycles. The molecule has 0 spiro atoms. The minimum absolute atomic E-state index is 0.0171. The smallest absolute Gasteiger partial charge is 0.157 e. The molecule has 78 valence electrons. The van der Waals surface area contributed by atoms with E-state index < -0.39 is 0 Å². The van der Waals surface area contributed by atoms with Crippen LogP contribution in [0.1, 0.15) is 40.0 Å². The van der Waals surface area contributed by atoms with Gasteiger partial charge in [0, 0.05) is 19.6 Å². The van der Waals surface area contributed by atoms with Crippen LogP contribution in [-0.4, -0.2) is 19.5 Å². The maximum atomic E-state index is 5.41. The second kappa shape index (κ2) is 9.75. The first-order chi connectivity index (χ1) is 6.35. The van der Waals surface area contributed by atoms with Crippen molar-refractivity contribution in [2.45, 2.75) is 46.3 Å². The zero-order valence-electron chi connectivity index (χ0n) is 9.08. The minimum atomic E-state index is -0.0171. The summed E-state index contributed by atoms with van der Waals surface area (Å²) in [6, 6.07) is 0. The van der Waals surface area contributed by atoms with Gasteiger partial charge in [-0.05, 0) is 26.7 Å². The van der Waals surface area contributed by atoms with Crippen molar-refractivity contribution in [3.05, 3.63) is 12.2 Å². The van der Waals surface area contributed by atoms with Crippen molar-refractivity contribution < 1.29 is 9.47 Å². The van der Waals surface area contributed by atoms with Gasteiger partial charge in [0.1, 0.15) is 0 Å². The Labute approximate surface area is 81.9 Å². The van der Waals surface area contributed by atoms with E-state index in [1.165, 1.54) is 0 Å². The van der Waals surface area contributed by atoms with E-state index in [1.54, 1.807) is 0 Å². The van der Waals surface area contributed by atoms with Gasteiger partial charge in [-0.25, -0.2) is 0 Å². The van der Waals surface area contributed by atoms with Gasteiger partial charge in [-0.2, -0.15) is 0 Å². The minimum Gasteiger partial charge on any atom is -0.353 e. The fraction of sp³-hybridized carbons (Fsp3) is 0.818. The molecule has 0 aliphatic carbocycles. The topological polar surface area (TPSA) is 18.5 Å². The standard InChI is InChI=1S/C11H22O2/c1-4-7-8-9-10-11(12-5-2)13-6-3/h7-8,11H,4-6,9-10H2,1-3H3/b8-7-. The van der Waals surface area contributed by atoms with E-state index in [0.29, 0.717) is 0 Å². The van der Waals surface area contributed by atoms with Gasteiger partial charge in [-0.1, -0.05) is 19.1 Å². The van der Waals surface area contributed by atoms with Crippen molar-refractivity contribution in [2.75, 3.05) is 13.2 Å². The maximum absolute atomic E-state index is 5.41. The predicted octanol–water partition coefficient (Wildman–Crippen LogP) is 3.13. The Balaban J connectivity index is 3.49. The molecule has 0 unspecified atom stereocenters. The Hall–Kier alpha value is -0.340. The highest BCUT2D eigenvalue weighted by Gasteiger charge is 2.05. The zero-order chi connectivity index (χ0) is 9.94. The van der Waals surface area contributed by atoms with Crippen LogP contribution in [-0.2, 0) is 9.47 Å². The molecule has 2 heteroatoms. The molecule has 0 saturated heterocycles. The van der Waals surface area contributed by atoms with E-state index in [2.05, 4.69) is 19.1 Å². The lowest BCUT2D eigenvalue weighted by Crippen LogP contribution is -2.16. The molecule has 0 aliphatic heterocycles. The largest absolute Gasteiger partial charge is 0.353 e. The van der Waals surface area contributed by atoms with Crippen LogP contribution in [0.25, 0.3) is 0 Å². The van der Waals surface area contributed by atoms with Gasteiger partial charge in [0.15, 0.2) is 6.29 Å². The SMILES string of the molecule is CC/C=C\CCC(OCC)OCC. The number of hydrogen-bond donors (Lipinski definition) is 0. The predicted molar refractivity (Wildman–Crippen MR) is 55.7 cm³/mol. The average molecular weight is 186 g/mol. The molecule has 0 aromatic rings. The van der Waals surface area contributed by atoms with Crippen molar-refractivity contribution in [1.29, 1.82) is 0 Å². The van der Waals surface area contributed by atoms with Crippen molar-refractivity contribution >= 4 is 0 Å². The lowest BCUT2D eigenvalue weighted by molar-refractivity contribution is -0.138. The van der Waals surface area contributed by atoms with Crippen molar-refractivity contribution in [3.8, 4) is 0 Å². The molecule has 0 heterocycles. The summed E-state index contributed by atoms with van der Waals surface area (Å²) in [4.78, 5) is 0. The quantitative estimate of drug-likeness (QED) is 0.428. The highest BCUT2D eigenvalue weighted by Crippen LogP contribution is 2.05. The Kier molecular flexibility index (Phi) is 9.49. The Morgan fingerprint density at radius 2 is 1.62 bits per heavy atom. The van der Waals surface area contributed by atoms with Gasteiger partial charge in [0.05, 0.1) is 0 Å². The Morgan fingerprint density at radius 1 is 1.00 bits per heavy atom. The van der Waals surface area contributed by atoms with Crippen LogP contribution in [0.5, 0.6) is 0 Å². The molecule has 0 atom stereocenters. The van der Waals surface area contributed by atoms with Gasteiger partial charge < -0.3 is 9.47 Å². The number of allylic oxidation sites excluding steroid dienone is 2. The van der Waals surface area contributed by atoms with E-state index in [1.807, 2.05) is 13.8 Å². The van der Waals surface area contributed by atoms with E-state index in [-0.39, 0.29) is 6.29 Å². The van der Waals surface area contributed by atoms with Crippen LogP contribution in [0.15, 0.2) is 12.2 Å². The monoisotopic (exact) mass is 186 g/mol. The van der Waals surface area contributed by atoms with Gasteiger partial charge in [0.25, 0.3) is 0 Å². The molecule has 0 N–H and O–H groups in total. The highest BCUT2D eigenvalue weighted by atomic mass is 16.7. The summed E-state index contributed by atoms with van der Waals surface area (Å²) >= 11 is 0. The molecule has 0 amide bonds. The van der Waals surface area contributed by atoms with Gasteiger partial charge >= 0.3 is 0 Å².